The van der Waals surface area contributed by atoms with Gasteiger partial charge in [0.1, 0.15) is 5.52 Å². The van der Waals surface area contributed by atoms with Crippen LogP contribution in [-0.2, 0) is 4.79 Å². The van der Waals surface area contributed by atoms with E-state index >= 15 is 0 Å². The molecule has 0 aliphatic heterocycles. The molecule has 1 N–H and O–H groups in total. The maximum Gasteiger partial charge on any atom is 0.231 e. The zero-order valence-electron chi connectivity index (χ0n) is 9.27. The van der Waals surface area contributed by atoms with Gasteiger partial charge in [-0.3, -0.25) is 10.1 Å². The summed E-state index contributed by atoms with van der Waals surface area (Å²) in [6.45, 7) is 5.14. The fraction of sp³-hybridized carbons (Fsp3) is 0.300. The average molecular weight is 217 g/mol. The van der Waals surface area contributed by atoms with Gasteiger partial charge in [0, 0.05) is 6.92 Å². The molecule has 0 aliphatic carbocycles. The van der Waals surface area contributed by atoms with Gasteiger partial charge < -0.3 is 0 Å². The van der Waals surface area contributed by atoms with Gasteiger partial charge in [0.15, 0.2) is 5.65 Å². The molecule has 2 aromatic rings. The van der Waals surface area contributed by atoms with Crippen molar-refractivity contribution in [2.45, 2.75) is 20.8 Å². The molecular weight excluding hydrogens is 206 g/mol. The highest BCUT2D eigenvalue weighted by Crippen LogP contribution is 2.10. The molecule has 0 unspecified atom stereocenters. The first-order valence-electron chi connectivity index (χ1n) is 4.82. The summed E-state index contributed by atoms with van der Waals surface area (Å²) >= 11 is 0. The Balaban J connectivity index is 2.53. The zero-order valence-corrected chi connectivity index (χ0v) is 9.27. The lowest BCUT2D eigenvalue weighted by atomic mass is 10.3. The lowest BCUT2D eigenvalue weighted by Crippen LogP contribution is -2.09. The number of rotatable bonds is 1. The van der Waals surface area contributed by atoms with Crippen LogP contribution in [0.2, 0.25) is 0 Å². The van der Waals surface area contributed by atoms with Gasteiger partial charge in [0.05, 0.1) is 17.6 Å². The van der Waals surface area contributed by atoms with Gasteiger partial charge in [-0.25, -0.2) is 15.0 Å². The fourth-order valence-electron chi connectivity index (χ4n) is 1.25. The second-order valence-corrected chi connectivity index (χ2v) is 3.48. The Bertz CT molecular complexity index is 566. The van der Waals surface area contributed by atoms with Crippen LogP contribution in [0.25, 0.3) is 11.2 Å². The summed E-state index contributed by atoms with van der Waals surface area (Å²) in [7, 11) is 0. The molecule has 16 heavy (non-hydrogen) atoms. The smallest absolute Gasteiger partial charge is 0.231 e. The summed E-state index contributed by atoms with van der Waals surface area (Å²) in [5.41, 5.74) is 2.78. The Morgan fingerprint density at radius 3 is 2.56 bits per heavy atom. The molecule has 0 aliphatic rings. The van der Waals surface area contributed by atoms with Gasteiger partial charge in [-0.05, 0) is 13.8 Å². The van der Waals surface area contributed by atoms with E-state index in [-0.39, 0.29) is 11.9 Å². The molecule has 82 valence electrons. The summed E-state index contributed by atoms with van der Waals surface area (Å²) in [5.74, 6) is 0.0358. The highest BCUT2D eigenvalue weighted by atomic mass is 16.1. The Hall–Kier alpha value is -2.11. The number of hydrogen-bond acceptors (Lipinski definition) is 5. The predicted octanol–water partition coefficient (Wildman–Crippen LogP) is 0.995. The molecule has 0 atom stereocenters. The Morgan fingerprint density at radius 1 is 1.19 bits per heavy atom. The van der Waals surface area contributed by atoms with E-state index in [1.54, 1.807) is 6.20 Å². The molecule has 2 rings (SSSR count). The fourth-order valence-corrected chi connectivity index (χ4v) is 1.25. The monoisotopic (exact) mass is 217 g/mol. The van der Waals surface area contributed by atoms with Gasteiger partial charge in [-0.2, -0.15) is 4.98 Å². The minimum atomic E-state index is -0.212. The topological polar surface area (TPSA) is 80.7 Å². The van der Waals surface area contributed by atoms with Gasteiger partial charge in [-0.15, -0.1) is 0 Å². The molecule has 0 bridgehead atoms. The number of hydrogen-bond donors (Lipinski definition) is 1. The molecule has 0 spiro atoms. The Labute approximate surface area is 92.2 Å². The summed E-state index contributed by atoms with van der Waals surface area (Å²) in [5, 5.41) is 2.50. The maximum absolute atomic E-state index is 10.8. The van der Waals surface area contributed by atoms with Crippen molar-refractivity contribution in [2.75, 3.05) is 5.32 Å². The van der Waals surface area contributed by atoms with Crippen LogP contribution in [0.3, 0.4) is 0 Å². The van der Waals surface area contributed by atoms with Crippen LogP contribution in [0.4, 0.5) is 5.95 Å². The van der Waals surface area contributed by atoms with Crippen molar-refractivity contribution >= 4 is 23.0 Å². The van der Waals surface area contributed by atoms with Crippen LogP contribution in [0.5, 0.6) is 0 Å². The second kappa shape index (κ2) is 3.80. The van der Waals surface area contributed by atoms with E-state index in [0.29, 0.717) is 11.2 Å². The molecule has 2 aromatic heterocycles. The molecule has 0 radical (unpaired) electrons. The van der Waals surface area contributed by atoms with Gasteiger partial charge in [0.2, 0.25) is 11.9 Å². The summed E-state index contributed by atoms with van der Waals surface area (Å²) in [6, 6.07) is 0. The van der Waals surface area contributed by atoms with Crippen LogP contribution in [0.1, 0.15) is 18.3 Å². The first-order valence-corrected chi connectivity index (χ1v) is 4.82. The van der Waals surface area contributed by atoms with E-state index in [1.165, 1.54) is 6.92 Å². The largest absolute Gasteiger partial charge is 0.295 e. The van der Waals surface area contributed by atoms with Crippen molar-refractivity contribution in [1.82, 2.24) is 19.9 Å². The van der Waals surface area contributed by atoms with Crippen LogP contribution in [0.15, 0.2) is 6.20 Å². The van der Waals surface area contributed by atoms with Crippen LogP contribution in [-0.4, -0.2) is 25.8 Å². The SMILES string of the molecule is CC(=O)Nc1ncc2nc(C)c(C)nc2n1. The number of nitrogens with zero attached hydrogens (tertiary/aromatic N) is 4. The van der Waals surface area contributed by atoms with Crippen molar-refractivity contribution in [2.24, 2.45) is 0 Å². The number of carbonyl (C=O) groups is 1. The molecule has 0 aromatic carbocycles. The maximum atomic E-state index is 10.8. The Kier molecular flexibility index (Phi) is 2.47. The number of aromatic nitrogens is 4. The molecule has 0 saturated heterocycles. The van der Waals surface area contributed by atoms with Crippen LogP contribution >= 0.6 is 0 Å². The third-order valence-corrected chi connectivity index (χ3v) is 2.12. The van der Waals surface area contributed by atoms with E-state index in [9.17, 15) is 4.79 Å². The quantitative estimate of drug-likeness (QED) is 0.770. The number of amides is 1. The van der Waals surface area contributed by atoms with E-state index in [4.69, 9.17) is 0 Å². The first kappa shape index (κ1) is 10.4. The van der Waals surface area contributed by atoms with Gasteiger partial charge >= 0.3 is 0 Å². The molecule has 0 saturated carbocycles. The van der Waals surface area contributed by atoms with E-state index in [1.807, 2.05) is 13.8 Å². The van der Waals surface area contributed by atoms with Crippen molar-refractivity contribution in [3.05, 3.63) is 17.6 Å². The standard InChI is InChI=1S/C10H11N5O/c1-5-6(2)13-9-8(12-5)4-11-10(15-9)14-7(3)16/h4H,1-3H3,(H,11,13,14,15,16). The number of aryl methyl sites for hydroxylation is 2. The van der Waals surface area contributed by atoms with Gasteiger partial charge in [-0.1, -0.05) is 0 Å². The lowest BCUT2D eigenvalue weighted by molar-refractivity contribution is -0.114. The first-order chi connectivity index (χ1) is 7.56. The summed E-state index contributed by atoms with van der Waals surface area (Å²) in [6.07, 6.45) is 1.55. The molecule has 0 fully saturated rings. The van der Waals surface area contributed by atoms with E-state index in [0.717, 1.165) is 11.4 Å². The average Bonchev–Trinajstić information content (AvgIpc) is 2.19. The minimum absolute atomic E-state index is 0.212. The third kappa shape index (κ3) is 1.95. The summed E-state index contributed by atoms with van der Waals surface area (Å²) in [4.78, 5) is 27.5. The normalized spacial score (nSPS) is 10.4. The predicted molar refractivity (Wildman–Crippen MR) is 58.9 cm³/mol. The summed E-state index contributed by atoms with van der Waals surface area (Å²) < 4.78 is 0. The molecule has 6 heteroatoms. The molecular formula is C10H11N5O. The third-order valence-electron chi connectivity index (χ3n) is 2.12. The van der Waals surface area contributed by atoms with Crippen molar-refractivity contribution in [1.29, 1.82) is 0 Å². The lowest BCUT2D eigenvalue weighted by Gasteiger charge is -2.03. The molecule has 6 nitrogen and oxygen atoms in total. The number of carbonyl (C=O) groups excluding carboxylic acids is 1. The number of fused-ring (bicyclic) bond motifs is 1. The second-order valence-electron chi connectivity index (χ2n) is 3.48. The highest BCUT2D eigenvalue weighted by molar-refractivity contribution is 5.87. The van der Waals surface area contributed by atoms with Crippen LogP contribution in [0, 0.1) is 13.8 Å². The van der Waals surface area contributed by atoms with Crippen molar-refractivity contribution in [3.8, 4) is 0 Å². The minimum Gasteiger partial charge on any atom is -0.295 e. The number of nitrogens with one attached hydrogen (secondary N) is 1. The van der Waals surface area contributed by atoms with Crippen LogP contribution < -0.4 is 5.32 Å². The van der Waals surface area contributed by atoms with Crippen molar-refractivity contribution < 1.29 is 4.79 Å². The van der Waals surface area contributed by atoms with E-state index in [2.05, 4.69) is 25.3 Å². The zero-order chi connectivity index (χ0) is 11.7. The Morgan fingerprint density at radius 2 is 1.88 bits per heavy atom. The van der Waals surface area contributed by atoms with Gasteiger partial charge in [0.25, 0.3) is 0 Å². The highest BCUT2D eigenvalue weighted by Gasteiger charge is 2.05. The van der Waals surface area contributed by atoms with E-state index < -0.39 is 0 Å². The molecule has 2 heterocycles. The molecule has 1 amide bonds. The number of anilines is 1. The van der Waals surface area contributed by atoms with Crippen molar-refractivity contribution in [3.63, 3.8) is 0 Å².